The van der Waals surface area contributed by atoms with Gasteiger partial charge in [0.15, 0.2) is 5.13 Å². The first-order valence-electron chi connectivity index (χ1n) is 8.35. The standard InChI is InChI=1S/C18H15F3N4O3S/c1-9-3-5-13-15(7-9)29-17(23-13)24-16(26)10(2)22-12-6-4-11(18(19,20)21)8-14(12)25(27)28/h3-8,10,22H,1-2H3,(H,23,24,26). The zero-order chi connectivity index (χ0) is 21.3. The predicted molar refractivity (Wildman–Crippen MR) is 104 cm³/mol. The molecule has 0 radical (unpaired) electrons. The van der Waals surface area contributed by atoms with E-state index in [-0.39, 0.29) is 5.69 Å². The highest BCUT2D eigenvalue weighted by atomic mass is 32.1. The van der Waals surface area contributed by atoms with Crippen molar-refractivity contribution < 1.29 is 22.9 Å². The minimum absolute atomic E-state index is 0.189. The third kappa shape index (κ3) is 4.62. The van der Waals surface area contributed by atoms with E-state index in [0.717, 1.165) is 27.9 Å². The monoisotopic (exact) mass is 424 g/mol. The number of nitro groups is 1. The Balaban J connectivity index is 1.77. The van der Waals surface area contributed by atoms with E-state index in [1.165, 1.54) is 18.3 Å². The first kappa shape index (κ1) is 20.5. The van der Waals surface area contributed by atoms with Gasteiger partial charge in [0.25, 0.3) is 5.69 Å². The van der Waals surface area contributed by atoms with Crippen molar-refractivity contribution in [2.45, 2.75) is 26.1 Å². The van der Waals surface area contributed by atoms with Crippen molar-refractivity contribution in [3.05, 3.63) is 57.6 Å². The van der Waals surface area contributed by atoms with Gasteiger partial charge in [0, 0.05) is 6.07 Å². The van der Waals surface area contributed by atoms with Crippen molar-refractivity contribution in [2.75, 3.05) is 10.6 Å². The van der Waals surface area contributed by atoms with E-state index in [2.05, 4.69) is 15.6 Å². The van der Waals surface area contributed by atoms with Gasteiger partial charge in [-0.25, -0.2) is 4.98 Å². The third-order valence-corrected chi connectivity index (χ3v) is 4.99. The second-order valence-electron chi connectivity index (χ2n) is 6.33. The van der Waals surface area contributed by atoms with Gasteiger partial charge < -0.3 is 10.6 Å². The van der Waals surface area contributed by atoms with Crippen LogP contribution in [-0.4, -0.2) is 21.9 Å². The van der Waals surface area contributed by atoms with Crippen LogP contribution in [-0.2, 0) is 11.0 Å². The smallest absolute Gasteiger partial charge is 0.368 e. The summed E-state index contributed by atoms with van der Waals surface area (Å²) < 4.78 is 39.3. The number of nitrogens with one attached hydrogen (secondary N) is 2. The molecule has 0 spiro atoms. The fourth-order valence-corrected chi connectivity index (χ4v) is 3.55. The van der Waals surface area contributed by atoms with E-state index in [1.54, 1.807) is 0 Å². The van der Waals surface area contributed by atoms with Crippen LogP contribution in [0.5, 0.6) is 0 Å². The summed E-state index contributed by atoms with van der Waals surface area (Å²) in [5, 5.41) is 16.7. The lowest BCUT2D eigenvalue weighted by molar-refractivity contribution is -0.384. The Kier molecular flexibility index (Phi) is 5.42. The van der Waals surface area contributed by atoms with Crippen molar-refractivity contribution in [2.24, 2.45) is 0 Å². The molecule has 7 nitrogen and oxygen atoms in total. The first-order chi connectivity index (χ1) is 13.5. The number of amides is 1. The maximum atomic E-state index is 12.8. The molecule has 1 aromatic heterocycles. The van der Waals surface area contributed by atoms with E-state index in [9.17, 15) is 28.1 Å². The van der Waals surface area contributed by atoms with E-state index in [4.69, 9.17) is 0 Å². The molecule has 2 aromatic carbocycles. The van der Waals surface area contributed by atoms with Crippen LogP contribution in [0.2, 0.25) is 0 Å². The second kappa shape index (κ2) is 7.66. The molecule has 2 N–H and O–H groups in total. The number of thiazole rings is 1. The number of rotatable bonds is 5. The van der Waals surface area contributed by atoms with Crippen LogP contribution in [0.25, 0.3) is 10.2 Å². The summed E-state index contributed by atoms with van der Waals surface area (Å²) in [6.07, 6.45) is -4.71. The van der Waals surface area contributed by atoms with E-state index in [0.29, 0.717) is 11.2 Å². The third-order valence-electron chi connectivity index (χ3n) is 4.06. The van der Waals surface area contributed by atoms with Crippen molar-refractivity contribution in [3.8, 4) is 0 Å². The van der Waals surface area contributed by atoms with Gasteiger partial charge >= 0.3 is 6.18 Å². The lowest BCUT2D eigenvalue weighted by Gasteiger charge is -2.15. The fourth-order valence-electron chi connectivity index (χ4n) is 2.58. The highest BCUT2D eigenvalue weighted by Gasteiger charge is 2.33. The zero-order valence-corrected chi connectivity index (χ0v) is 16.0. The number of anilines is 2. The molecule has 0 bridgehead atoms. The topological polar surface area (TPSA) is 97.2 Å². The summed E-state index contributed by atoms with van der Waals surface area (Å²) in [4.78, 5) is 26.9. The number of nitrogens with zero attached hydrogens (tertiary/aromatic N) is 2. The van der Waals surface area contributed by atoms with Crippen LogP contribution in [0.1, 0.15) is 18.1 Å². The van der Waals surface area contributed by atoms with Crippen molar-refractivity contribution in [3.63, 3.8) is 0 Å². The van der Waals surface area contributed by atoms with Crippen molar-refractivity contribution in [1.29, 1.82) is 0 Å². The van der Waals surface area contributed by atoms with Gasteiger partial charge in [-0.15, -0.1) is 0 Å². The number of hydrogen-bond acceptors (Lipinski definition) is 6. The average molecular weight is 424 g/mol. The molecule has 0 saturated carbocycles. The molecule has 0 fully saturated rings. The van der Waals surface area contributed by atoms with Crippen molar-refractivity contribution in [1.82, 2.24) is 4.98 Å². The Hall–Kier alpha value is -3.21. The predicted octanol–water partition coefficient (Wildman–Crippen LogP) is 4.97. The lowest BCUT2D eigenvalue weighted by Crippen LogP contribution is -2.32. The van der Waals surface area contributed by atoms with Gasteiger partial charge in [0.2, 0.25) is 5.91 Å². The average Bonchev–Trinajstić information content (AvgIpc) is 3.02. The quantitative estimate of drug-likeness (QED) is 0.445. The highest BCUT2D eigenvalue weighted by molar-refractivity contribution is 7.22. The van der Waals surface area contributed by atoms with Gasteiger partial charge in [-0.05, 0) is 43.7 Å². The van der Waals surface area contributed by atoms with Gasteiger partial charge in [-0.2, -0.15) is 13.2 Å². The number of fused-ring (bicyclic) bond motifs is 1. The number of nitro benzene ring substituents is 1. The number of benzene rings is 2. The molecule has 3 rings (SSSR count). The molecular formula is C18H15F3N4O3S. The number of aromatic nitrogens is 1. The van der Waals surface area contributed by atoms with Crippen LogP contribution >= 0.6 is 11.3 Å². The van der Waals surface area contributed by atoms with Crippen molar-refractivity contribution >= 4 is 44.0 Å². The number of hydrogen-bond donors (Lipinski definition) is 2. The molecule has 0 saturated heterocycles. The number of alkyl halides is 3. The lowest BCUT2D eigenvalue weighted by atomic mass is 10.1. The minimum Gasteiger partial charge on any atom is -0.368 e. The van der Waals surface area contributed by atoms with E-state index >= 15 is 0 Å². The molecule has 1 unspecified atom stereocenters. The maximum absolute atomic E-state index is 12.8. The van der Waals surface area contributed by atoms with E-state index in [1.807, 2.05) is 25.1 Å². The Morgan fingerprint density at radius 3 is 2.62 bits per heavy atom. The number of carbonyl (C=O) groups excluding carboxylic acids is 1. The summed E-state index contributed by atoms with van der Waals surface area (Å²) in [6.45, 7) is 3.37. The maximum Gasteiger partial charge on any atom is 0.416 e. The molecule has 152 valence electrons. The summed E-state index contributed by atoms with van der Waals surface area (Å²) >= 11 is 1.27. The molecule has 0 aliphatic carbocycles. The molecule has 1 heterocycles. The molecule has 29 heavy (non-hydrogen) atoms. The van der Waals surface area contributed by atoms with Gasteiger partial charge in [0.05, 0.1) is 20.7 Å². The van der Waals surface area contributed by atoms with Crippen LogP contribution < -0.4 is 10.6 Å². The van der Waals surface area contributed by atoms with Gasteiger partial charge in [-0.1, -0.05) is 17.4 Å². The minimum atomic E-state index is -4.71. The Labute approximate surface area is 166 Å². The SMILES string of the molecule is Cc1ccc2nc(NC(=O)C(C)Nc3ccc(C(F)(F)F)cc3[N+](=O)[O-])sc2c1. The molecule has 1 atom stereocenters. The summed E-state index contributed by atoms with van der Waals surface area (Å²) in [6, 6.07) is 6.77. The normalized spacial score (nSPS) is 12.6. The Morgan fingerprint density at radius 1 is 1.24 bits per heavy atom. The molecule has 3 aromatic rings. The molecular weight excluding hydrogens is 409 g/mol. The molecule has 11 heteroatoms. The number of halogens is 3. The van der Waals surface area contributed by atoms with Crippen LogP contribution in [0, 0.1) is 17.0 Å². The van der Waals surface area contributed by atoms with E-state index < -0.39 is 34.3 Å². The van der Waals surface area contributed by atoms with Crippen LogP contribution in [0.4, 0.5) is 29.7 Å². The largest absolute Gasteiger partial charge is 0.416 e. The number of aryl methyl sites for hydroxylation is 1. The summed E-state index contributed by atoms with van der Waals surface area (Å²) in [5.74, 6) is -0.532. The molecule has 1 amide bonds. The summed E-state index contributed by atoms with van der Waals surface area (Å²) in [5.41, 5.74) is -0.337. The van der Waals surface area contributed by atoms with Gasteiger partial charge in [-0.3, -0.25) is 14.9 Å². The van der Waals surface area contributed by atoms with Gasteiger partial charge in [0.1, 0.15) is 11.7 Å². The second-order valence-corrected chi connectivity index (χ2v) is 7.36. The fraction of sp³-hybridized carbons (Fsp3) is 0.222. The highest BCUT2D eigenvalue weighted by Crippen LogP contribution is 2.35. The number of carbonyl (C=O) groups is 1. The Morgan fingerprint density at radius 2 is 1.97 bits per heavy atom. The first-order valence-corrected chi connectivity index (χ1v) is 9.16. The zero-order valence-electron chi connectivity index (χ0n) is 15.2. The van der Waals surface area contributed by atoms with Crippen LogP contribution in [0.3, 0.4) is 0 Å². The summed E-state index contributed by atoms with van der Waals surface area (Å²) in [7, 11) is 0. The molecule has 0 aliphatic heterocycles. The Bertz CT molecular complexity index is 1100. The molecule has 0 aliphatic rings. The van der Waals surface area contributed by atoms with Crippen LogP contribution in [0.15, 0.2) is 36.4 Å².